The molecule has 2 amide bonds. The first-order valence-electron chi connectivity index (χ1n) is 10.2. The van der Waals surface area contributed by atoms with Crippen LogP contribution in [0, 0.1) is 0 Å². The maximum atomic E-state index is 12.6. The van der Waals surface area contributed by atoms with Gasteiger partial charge in [0.25, 0.3) is 0 Å². The number of anilines is 2. The van der Waals surface area contributed by atoms with Crippen molar-refractivity contribution in [1.82, 2.24) is 4.90 Å². The monoisotopic (exact) mass is 433 g/mol. The number of likely N-dealkylation sites (N-methyl/N-ethyl adjacent to an activating group) is 1. The highest BCUT2D eigenvalue weighted by molar-refractivity contribution is 7.99. The summed E-state index contributed by atoms with van der Waals surface area (Å²) >= 11 is 1.60. The van der Waals surface area contributed by atoms with Gasteiger partial charge in [0.15, 0.2) is 0 Å². The van der Waals surface area contributed by atoms with E-state index in [9.17, 15) is 9.59 Å². The highest BCUT2D eigenvalue weighted by Crippen LogP contribution is 2.33. The van der Waals surface area contributed by atoms with Crippen molar-refractivity contribution in [3.05, 3.63) is 84.4 Å². The average Bonchev–Trinajstić information content (AvgIpc) is 2.76. The zero-order valence-electron chi connectivity index (χ0n) is 17.8. The first-order valence-corrected chi connectivity index (χ1v) is 11.0. The van der Waals surface area contributed by atoms with Gasteiger partial charge in [-0.2, -0.15) is 0 Å². The molecule has 0 aliphatic carbocycles. The quantitative estimate of drug-likeness (QED) is 0.503. The summed E-state index contributed by atoms with van der Waals surface area (Å²) in [5.41, 5.74) is 2.67. The van der Waals surface area contributed by atoms with E-state index in [-0.39, 0.29) is 24.9 Å². The van der Waals surface area contributed by atoms with Gasteiger partial charge in [0, 0.05) is 15.5 Å². The number of carbonyl (C=O) groups is 2. The molecule has 0 heterocycles. The smallest absolute Gasteiger partial charge is 0.238 e. The van der Waals surface area contributed by atoms with Gasteiger partial charge >= 0.3 is 0 Å². The molecule has 0 fully saturated rings. The van der Waals surface area contributed by atoms with Gasteiger partial charge in [0.1, 0.15) is 0 Å². The second kappa shape index (κ2) is 11.3. The van der Waals surface area contributed by atoms with Gasteiger partial charge in [0.2, 0.25) is 11.8 Å². The SMILES string of the molecule is CCc1ccccc1NC(=O)CN(C)CC(=O)Nc1ccccc1Sc1ccccc1. The largest absolute Gasteiger partial charge is 0.325 e. The summed E-state index contributed by atoms with van der Waals surface area (Å²) in [7, 11) is 1.76. The molecule has 2 N–H and O–H groups in total. The molecule has 0 aliphatic rings. The summed E-state index contributed by atoms with van der Waals surface area (Å²) in [6.07, 6.45) is 0.842. The first kappa shape index (κ1) is 22.6. The zero-order valence-corrected chi connectivity index (χ0v) is 18.6. The highest BCUT2D eigenvalue weighted by atomic mass is 32.2. The summed E-state index contributed by atoms with van der Waals surface area (Å²) in [5.74, 6) is -0.304. The number of rotatable bonds is 9. The molecule has 6 heteroatoms. The van der Waals surface area contributed by atoms with E-state index in [4.69, 9.17) is 0 Å². The van der Waals surface area contributed by atoms with Crippen LogP contribution in [0.4, 0.5) is 11.4 Å². The number of benzene rings is 3. The Bertz CT molecular complexity index is 1020. The van der Waals surface area contributed by atoms with E-state index in [0.29, 0.717) is 0 Å². The van der Waals surface area contributed by atoms with E-state index in [1.54, 1.807) is 23.7 Å². The molecule has 0 atom stereocenters. The number of para-hydroxylation sites is 2. The van der Waals surface area contributed by atoms with Crippen LogP contribution >= 0.6 is 11.8 Å². The Morgan fingerprint density at radius 3 is 2.00 bits per heavy atom. The average molecular weight is 434 g/mol. The van der Waals surface area contributed by atoms with Crippen molar-refractivity contribution in [2.75, 3.05) is 30.8 Å². The molecule has 0 aromatic heterocycles. The number of carbonyl (C=O) groups excluding carboxylic acids is 2. The van der Waals surface area contributed by atoms with Crippen molar-refractivity contribution in [3.8, 4) is 0 Å². The second-order valence-electron chi connectivity index (χ2n) is 7.19. The van der Waals surface area contributed by atoms with Gasteiger partial charge in [0.05, 0.1) is 18.8 Å². The lowest BCUT2D eigenvalue weighted by molar-refractivity contribution is -0.119. The van der Waals surface area contributed by atoms with E-state index < -0.39 is 0 Å². The number of amides is 2. The number of nitrogens with zero attached hydrogens (tertiary/aromatic N) is 1. The molecular weight excluding hydrogens is 406 g/mol. The summed E-state index contributed by atoms with van der Waals surface area (Å²) in [4.78, 5) is 28.7. The molecule has 0 aliphatic heterocycles. The standard InChI is InChI=1S/C25H27N3O2S/c1-3-19-11-7-8-14-21(19)26-24(29)17-28(2)18-25(30)27-22-15-9-10-16-23(22)31-20-12-5-4-6-13-20/h4-16H,3,17-18H2,1-2H3,(H,26,29)(H,27,30). The first-order chi connectivity index (χ1) is 15.0. The molecule has 3 aromatic carbocycles. The van der Waals surface area contributed by atoms with Crippen molar-refractivity contribution in [3.63, 3.8) is 0 Å². The van der Waals surface area contributed by atoms with Crippen LogP contribution in [0.15, 0.2) is 88.7 Å². The predicted octanol–water partition coefficient (Wildman–Crippen LogP) is 4.91. The third kappa shape index (κ3) is 6.98. The molecule has 0 saturated carbocycles. The Balaban J connectivity index is 1.54. The summed E-state index contributed by atoms with van der Waals surface area (Å²) in [6, 6.07) is 25.5. The predicted molar refractivity (Wildman–Crippen MR) is 128 cm³/mol. The number of aryl methyl sites for hydroxylation is 1. The molecule has 0 spiro atoms. The lowest BCUT2D eigenvalue weighted by Gasteiger charge is -2.17. The van der Waals surface area contributed by atoms with Crippen LogP contribution in [-0.4, -0.2) is 36.9 Å². The van der Waals surface area contributed by atoms with Crippen LogP contribution in [-0.2, 0) is 16.0 Å². The van der Waals surface area contributed by atoms with Gasteiger partial charge < -0.3 is 10.6 Å². The zero-order chi connectivity index (χ0) is 22.1. The minimum atomic E-state index is -0.162. The van der Waals surface area contributed by atoms with Crippen LogP contribution < -0.4 is 10.6 Å². The Morgan fingerprint density at radius 1 is 0.774 bits per heavy atom. The summed E-state index contributed by atoms with van der Waals surface area (Å²) < 4.78 is 0. The highest BCUT2D eigenvalue weighted by Gasteiger charge is 2.13. The molecular formula is C25H27N3O2S. The molecule has 0 saturated heterocycles. The Labute approximate surface area is 187 Å². The second-order valence-corrected chi connectivity index (χ2v) is 8.31. The number of nitrogens with one attached hydrogen (secondary N) is 2. The molecule has 0 radical (unpaired) electrons. The summed E-state index contributed by atoms with van der Waals surface area (Å²) in [6.45, 7) is 2.30. The maximum Gasteiger partial charge on any atom is 0.238 e. The maximum absolute atomic E-state index is 12.6. The molecule has 3 rings (SSSR count). The van der Waals surface area contributed by atoms with Crippen molar-refractivity contribution >= 4 is 35.0 Å². The minimum Gasteiger partial charge on any atom is -0.325 e. The molecule has 0 bridgehead atoms. The van der Waals surface area contributed by atoms with E-state index >= 15 is 0 Å². The topological polar surface area (TPSA) is 61.4 Å². The Hall–Kier alpha value is -3.09. The van der Waals surface area contributed by atoms with Crippen LogP contribution in [0.1, 0.15) is 12.5 Å². The van der Waals surface area contributed by atoms with Crippen LogP contribution in [0.3, 0.4) is 0 Å². The van der Waals surface area contributed by atoms with Gasteiger partial charge in [-0.15, -0.1) is 0 Å². The van der Waals surface area contributed by atoms with Crippen LogP contribution in [0.25, 0.3) is 0 Å². The van der Waals surface area contributed by atoms with Crippen LogP contribution in [0.2, 0.25) is 0 Å². The Kier molecular flexibility index (Phi) is 8.27. The molecule has 3 aromatic rings. The fourth-order valence-electron chi connectivity index (χ4n) is 3.15. The lowest BCUT2D eigenvalue weighted by Crippen LogP contribution is -2.36. The fraction of sp³-hybridized carbons (Fsp3) is 0.200. The number of hydrogen-bond donors (Lipinski definition) is 2. The van der Waals surface area contributed by atoms with E-state index in [2.05, 4.69) is 17.6 Å². The lowest BCUT2D eigenvalue weighted by atomic mass is 10.1. The van der Waals surface area contributed by atoms with Crippen molar-refractivity contribution < 1.29 is 9.59 Å². The van der Waals surface area contributed by atoms with Crippen molar-refractivity contribution in [2.24, 2.45) is 0 Å². The summed E-state index contributed by atoms with van der Waals surface area (Å²) in [5, 5.41) is 5.91. The van der Waals surface area contributed by atoms with E-state index in [1.807, 2.05) is 78.9 Å². The molecule has 0 unspecified atom stereocenters. The molecule has 160 valence electrons. The van der Waals surface area contributed by atoms with Crippen molar-refractivity contribution in [1.29, 1.82) is 0 Å². The van der Waals surface area contributed by atoms with Gasteiger partial charge in [-0.05, 0) is 49.4 Å². The Morgan fingerprint density at radius 2 is 1.32 bits per heavy atom. The minimum absolute atomic E-state index is 0.118. The molecule has 31 heavy (non-hydrogen) atoms. The van der Waals surface area contributed by atoms with Crippen LogP contribution in [0.5, 0.6) is 0 Å². The normalized spacial score (nSPS) is 10.7. The van der Waals surface area contributed by atoms with Gasteiger partial charge in [-0.25, -0.2) is 0 Å². The third-order valence-electron chi connectivity index (χ3n) is 4.63. The van der Waals surface area contributed by atoms with Gasteiger partial charge in [-0.1, -0.05) is 67.2 Å². The van der Waals surface area contributed by atoms with E-state index in [0.717, 1.165) is 33.2 Å². The number of hydrogen-bond acceptors (Lipinski definition) is 4. The molecule has 5 nitrogen and oxygen atoms in total. The third-order valence-corrected chi connectivity index (χ3v) is 5.72. The fourth-order valence-corrected chi connectivity index (χ4v) is 4.07. The van der Waals surface area contributed by atoms with E-state index in [1.165, 1.54) is 0 Å². The van der Waals surface area contributed by atoms with Gasteiger partial charge in [-0.3, -0.25) is 14.5 Å². The van der Waals surface area contributed by atoms with Crippen molar-refractivity contribution in [2.45, 2.75) is 23.1 Å².